The van der Waals surface area contributed by atoms with Gasteiger partial charge in [0.25, 0.3) is 0 Å². The largest absolute Gasteiger partial charge is 0.369 e. The summed E-state index contributed by atoms with van der Waals surface area (Å²) in [5, 5.41) is 1.84. The fourth-order valence-electron chi connectivity index (χ4n) is 4.28. The van der Waals surface area contributed by atoms with Crippen molar-refractivity contribution < 1.29 is 4.79 Å². The molecule has 1 heterocycles. The zero-order valence-corrected chi connectivity index (χ0v) is 16.4. The maximum absolute atomic E-state index is 12.2. The van der Waals surface area contributed by atoms with Gasteiger partial charge in [-0.2, -0.15) is 0 Å². The second-order valence-corrected chi connectivity index (χ2v) is 8.90. The van der Waals surface area contributed by atoms with Crippen LogP contribution in [0.5, 0.6) is 0 Å². The van der Waals surface area contributed by atoms with Crippen molar-refractivity contribution in [3.63, 3.8) is 0 Å². The first kappa shape index (κ1) is 17.8. The van der Waals surface area contributed by atoms with Gasteiger partial charge in [0.15, 0.2) is 0 Å². The van der Waals surface area contributed by atoms with Crippen LogP contribution in [0.15, 0.2) is 0 Å². The molecule has 0 radical (unpaired) electrons. The molecular weight excluding hydrogens is 311 g/mol. The molecular formula is C13H20B7ClN2O. The molecule has 11 heteroatoms. The Morgan fingerprint density at radius 3 is 2.25 bits per heavy atom. The predicted octanol–water partition coefficient (Wildman–Crippen LogP) is -6.63. The lowest BCUT2D eigenvalue weighted by Crippen LogP contribution is -2.49. The minimum Gasteiger partial charge on any atom is -0.369 e. The minimum absolute atomic E-state index is 0.0491. The van der Waals surface area contributed by atoms with E-state index in [0.29, 0.717) is 0 Å². The summed E-state index contributed by atoms with van der Waals surface area (Å²) in [7, 11) is 15.2. The molecule has 0 saturated carbocycles. The molecule has 1 atom stereocenters. The number of nitrogens with two attached hydrogens (primary N) is 1. The molecule has 3 nitrogen and oxygen atoms in total. The third-order valence-corrected chi connectivity index (χ3v) is 7.29. The molecule has 0 saturated heterocycles. The van der Waals surface area contributed by atoms with Crippen molar-refractivity contribution in [3.05, 3.63) is 16.3 Å². The summed E-state index contributed by atoms with van der Waals surface area (Å²) in [6.45, 7) is 0. The monoisotopic (exact) mass is 332 g/mol. The van der Waals surface area contributed by atoms with Crippen molar-refractivity contribution in [2.75, 3.05) is 0 Å². The van der Waals surface area contributed by atoms with Gasteiger partial charge in [-0.05, 0) is 17.4 Å². The highest BCUT2D eigenvalue weighted by atomic mass is 35.5. The van der Waals surface area contributed by atoms with E-state index >= 15 is 0 Å². The number of aromatic nitrogens is 1. The van der Waals surface area contributed by atoms with Crippen LogP contribution in [0.25, 0.3) is 10.9 Å². The molecule has 1 amide bonds. The van der Waals surface area contributed by atoms with E-state index in [1.807, 2.05) is 7.85 Å². The van der Waals surface area contributed by atoms with Crippen LogP contribution in [0, 0.1) is 0 Å². The molecule has 1 aromatic carbocycles. The van der Waals surface area contributed by atoms with E-state index in [-0.39, 0.29) is 22.3 Å². The molecule has 3 N–H and O–H groups in total. The van der Waals surface area contributed by atoms with E-state index in [1.54, 1.807) is 0 Å². The fourth-order valence-corrected chi connectivity index (χ4v) is 4.51. The first-order valence-electron chi connectivity index (χ1n) is 8.52. The highest BCUT2D eigenvalue weighted by molar-refractivity contribution is 6.64. The number of rotatable bonds is 1. The zero-order valence-electron chi connectivity index (χ0n) is 15.6. The number of carbonyl (C=O) groups is 1. The number of carbonyl (C=O) groups excluding carboxylic acids is 1. The number of benzene rings is 1. The van der Waals surface area contributed by atoms with E-state index in [0.717, 1.165) is 39.0 Å². The lowest BCUT2D eigenvalue weighted by atomic mass is 9.25. The highest BCUT2D eigenvalue weighted by Crippen LogP contribution is 2.53. The number of amides is 1. The lowest BCUT2D eigenvalue weighted by Gasteiger charge is -2.49. The van der Waals surface area contributed by atoms with Gasteiger partial charge in [0.05, 0.1) is 21.6 Å². The van der Waals surface area contributed by atoms with Crippen molar-refractivity contribution >= 4 is 99.7 Å². The van der Waals surface area contributed by atoms with E-state index in [1.165, 1.54) is 10.9 Å². The number of nitrogens with one attached hydrogen (secondary N) is 1. The third-order valence-electron chi connectivity index (χ3n) is 6.72. The van der Waals surface area contributed by atoms with Crippen molar-refractivity contribution in [3.8, 4) is 0 Å². The van der Waals surface area contributed by atoms with Crippen LogP contribution in [-0.4, -0.2) is 65.8 Å². The average molecular weight is 331 g/mol. The molecule has 0 bridgehead atoms. The maximum atomic E-state index is 12.2. The summed E-state index contributed by atoms with van der Waals surface area (Å²) >= 11 is 6.62. The Morgan fingerprint density at radius 1 is 1.12 bits per heavy atom. The number of primary amides is 1. The molecule has 2 aromatic rings. The van der Waals surface area contributed by atoms with Crippen molar-refractivity contribution in [2.45, 2.75) is 22.8 Å². The highest BCUT2D eigenvalue weighted by Gasteiger charge is 2.49. The predicted molar refractivity (Wildman–Crippen MR) is 123 cm³/mol. The number of hydrogen-bond donors (Lipinski definition) is 2. The number of fused-ring (bicyclic) bond motifs is 3. The quantitative estimate of drug-likeness (QED) is 0.502. The molecule has 3 rings (SSSR count). The van der Waals surface area contributed by atoms with Crippen molar-refractivity contribution in [2.24, 2.45) is 5.73 Å². The molecule has 24 heavy (non-hydrogen) atoms. The Balaban J connectivity index is 2.53. The summed E-state index contributed by atoms with van der Waals surface area (Å²) in [4.78, 5) is 15.7. The second kappa shape index (κ2) is 5.23. The lowest BCUT2D eigenvalue weighted by molar-refractivity contribution is -0.119. The van der Waals surface area contributed by atoms with Crippen molar-refractivity contribution in [1.29, 1.82) is 0 Å². The molecule has 1 unspecified atom stereocenters. The van der Waals surface area contributed by atoms with Gasteiger partial charge in [-0.3, -0.25) is 4.79 Å². The Bertz CT molecular complexity index is 893. The normalized spacial score (nSPS) is 21.5. The van der Waals surface area contributed by atoms with Gasteiger partial charge in [0, 0.05) is 16.2 Å². The topological polar surface area (TPSA) is 58.9 Å². The Hall–Kier alpha value is -1.03. The average Bonchev–Trinajstić information content (AvgIpc) is 2.88. The molecule has 0 aliphatic heterocycles. The number of hydrogen-bond acceptors (Lipinski definition) is 1. The van der Waals surface area contributed by atoms with Gasteiger partial charge < -0.3 is 10.7 Å². The summed E-state index contributed by atoms with van der Waals surface area (Å²) < 4.78 is 0. The Labute approximate surface area is 154 Å². The SMILES string of the molecule is Bc1c(Cl)c(B)c2c3c([nH]c2c1B)C(C(N)=O)CC(B)(B)C3(B)B. The van der Waals surface area contributed by atoms with Crippen LogP contribution >= 0.6 is 11.6 Å². The van der Waals surface area contributed by atoms with Crippen LogP contribution in [0.2, 0.25) is 10.2 Å². The van der Waals surface area contributed by atoms with E-state index in [4.69, 9.17) is 17.3 Å². The standard InChI is InChI=1S/C13H20B7ClN2O/c14-5-3-4-9(23-10(3)7(16)6(15)8(5)21)2(11(22)24)1-12(17,18)13(4,19)20/h2,23H,1,14-20H2,(H2,22,24). The van der Waals surface area contributed by atoms with Gasteiger partial charge in [-0.15, -0.1) is 0 Å². The Morgan fingerprint density at radius 2 is 1.71 bits per heavy atom. The molecule has 0 spiro atoms. The van der Waals surface area contributed by atoms with E-state index < -0.39 is 0 Å². The number of aromatic amines is 1. The first-order chi connectivity index (χ1) is 10.9. The first-order valence-corrected chi connectivity index (χ1v) is 8.90. The van der Waals surface area contributed by atoms with E-state index in [9.17, 15) is 4.79 Å². The molecule has 116 valence electrons. The molecule has 0 fully saturated rings. The van der Waals surface area contributed by atoms with E-state index in [2.05, 4.69) is 52.1 Å². The molecule has 1 aromatic heterocycles. The Kier molecular flexibility index (Phi) is 3.88. The van der Waals surface area contributed by atoms with Gasteiger partial charge in [-0.1, -0.05) is 38.4 Å². The van der Waals surface area contributed by atoms with Crippen LogP contribution < -0.4 is 22.1 Å². The summed E-state index contributed by atoms with van der Waals surface area (Å²) in [6.07, 6.45) is 0.750. The minimum atomic E-state index is -0.284. The smallest absolute Gasteiger partial charge is 0.226 e. The van der Waals surface area contributed by atoms with Gasteiger partial charge in [0.1, 0.15) is 39.2 Å². The van der Waals surface area contributed by atoms with Gasteiger partial charge >= 0.3 is 0 Å². The van der Waals surface area contributed by atoms with Gasteiger partial charge in [-0.25, -0.2) is 0 Å². The number of halogens is 1. The summed E-state index contributed by atoms with van der Waals surface area (Å²) in [5.41, 5.74) is 12.4. The molecule has 1 aliphatic rings. The van der Waals surface area contributed by atoms with Crippen molar-refractivity contribution in [1.82, 2.24) is 4.98 Å². The van der Waals surface area contributed by atoms with Crippen LogP contribution in [-0.2, 0) is 10.0 Å². The second-order valence-electron chi connectivity index (χ2n) is 8.52. The number of H-pyrrole nitrogens is 1. The van der Waals surface area contributed by atoms with Crippen LogP contribution in [0.4, 0.5) is 0 Å². The maximum Gasteiger partial charge on any atom is 0.226 e. The fraction of sp³-hybridized carbons (Fsp3) is 0.308. The summed E-state index contributed by atoms with van der Waals surface area (Å²) in [6, 6.07) is 0. The molecule has 1 aliphatic carbocycles. The van der Waals surface area contributed by atoms with Crippen LogP contribution in [0.3, 0.4) is 0 Å². The zero-order chi connectivity index (χ0) is 18.2. The summed E-state index contributed by atoms with van der Waals surface area (Å²) in [5.74, 6) is -0.544. The van der Waals surface area contributed by atoms with Gasteiger partial charge in [0.2, 0.25) is 5.91 Å². The third kappa shape index (κ3) is 2.11. The van der Waals surface area contributed by atoms with Crippen LogP contribution in [0.1, 0.15) is 23.6 Å².